The lowest BCUT2D eigenvalue weighted by Gasteiger charge is -2.07. The first kappa shape index (κ1) is 10.4. The fourth-order valence-electron chi connectivity index (χ4n) is 1.13. The van der Waals surface area contributed by atoms with Crippen LogP contribution in [-0.4, -0.2) is 5.78 Å². The van der Waals surface area contributed by atoms with Crippen LogP contribution < -0.4 is 0 Å². The van der Waals surface area contributed by atoms with Gasteiger partial charge in [-0.25, -0.2) is 4.39 Å². The Morgan fingerprint density at radius 1 is 1.57 bits per heavy atom. The van der Waals surface area contributed by atoms with Crippen LogP contribution in [0.15, 0.2) is 18.2 Å². The molecule has 0 spiro atoms. The SMILES string of the molecule is CC(=O)C(C)c1ccc(C#N)c(F)c1. The first-order valence-corrected chi connectivity index (χ1v) is 4.26. The van der Waals surface area contributed by atoms with Crippen LogP contribution in [0.25, 0.3) is 0 Å². The summed E-state index contributed by atoms with van der Waals surface area (Å²) in [4.78, 5) is 11.0. The topological polar surface area (TPSA) is 40.9 Å². The summed E-state index contributed by atoms with van der Waals surface area (Å²) in [5.41, 5.74) is 0.610. The summed E-state index contributed by atoms with van der Waals surface area (Å²) >= 11 is 0. The van der Waals surface area contributed by atoms with E-state index in [0.29, 0.717) is 5.56 Å². The lowest BCUT2D eigenvalue weighted by atomic mass is 9.96. The highest BCUT2D eigenvalue weighted by Crippen LogP contribution is 2.18. The first-order valence-electron chi connectivity index (χ1n) is 4.26. The Bertz CT molecular complexity index is 406. The molecule has 1 aromatic carbocycles. The zero-order chi connectivity index (χ0) is 10.7. The first-order chi connectivity index (χ1) is 6.56. The number of hydrogen-bond acceptors (Lipinski definition) is 2. The van der Waals surface area contributed by atoms with Crippen molar-refractivity contribution in [1.29, 1.82) is 5.26 Å². The molecule has 1 atom stereocenters. The fourth-order valence-corrected chi connectivity index (χ4v) is 1.13. The molecule has 3 heteroatoms. The molecule has 0 saturated heterocycles. The zero-order valence-electron chi connectivity index (χ0n) is 8.04. The molecule has 0 heterocycles. The van der Waals surface area contributed by atoms with E-state index in [1.54, 1.807) is 19.1 Å². The van der Waals surface area contributed by atoms with Crippen molar-refractivity contribution in [3.8, 4) is 6.07 Å². The summed E-state index contributed by atoms with van der Waals surface area (Å²) in [5, 5.41) is 8.50. The van der Waals surface area contributed by atoms with Gasteiger partial charge in [0.05, 0.1) is 5.56 Å². The number of ketones is 1. The van der Waals surface area contributed by atoms with Gasteiger partial charge in [0, 0.05) is 5.92 Å². The Labute approximate surface area is 82.0 Å². The summed E-state index contributed by atoms with van der Waals surface area (Å²) in [5.74, 6) is -0.913. The molecule has 14 heavy (non-hydrogen) atoms. The molecule has 0 radical (unpaired) electrons. The molecule has 1 rings (SSSR count). The van der Waals surface area contributed by atoms with E-state index >= 15 is 0 Å². The van der Waals surface area contributed by atoms with Crippen molar-refractivity contribution in [3.05, 3.63) is 35.1 Å². The minimum Gasteiger partial charge on any atom is -0.299 e. The zero-order valence-corrected chi connectivity index (χ0v) is 8.04. The molecule has 0 saturated carbocycles. The van der Waals surface area contributed by atoms with Crippen molar-refractivity contribution in [1.82, 2.24) is 0 Å². The summed E-state index contributed by atoms with van der Waals surface area (Å²) in [6, 6.07) is 5.97. The van der Waals surface area contributed by atoms with E-state index in [4.69, 9.17) is 5.26 Å². The molecule has 0 aliphatic rings. The molecule has 0 aliphatic heterocycles. The molecule has 0 bridgehead atoms. The van der Waals surface area contributed by atoms with Crippen LogP contribution >= 0.6 is 0 Å². The molecule has 2 nitrogen and oxygen atoms in total. The van der Waals surface area contributed by atoms with Crippen LogP contribution in [0.3, 0.4) is 0 Å². The smallest absolute Gasteiger partial charge is 0.141 e. The molecular weight excluding hydrogens is 181 g/mol. The highest BCUT2D eigenvalue weighted by atomic mass is 19.1. The Morgan fingerprint density at radius 2 is 2.21 bits per heavy atom. The largest absolute Gasteiger partial charge is 0.299 e. The van der Waals surface area contributed by atoms with Crippen molar-refractivity contribution < 1.29 is 9.18 Å². The maximum absolute atomic E-state index is 13.1. The third-order valence-corrected chi connectivity index (χ3v) is 2.22. The number of nitrogens with zero attached hydrogens (tertiary/aromatic N) is 1. The normalized spacial score (nSPS) is 11.9. The maximum Gasteiger partial charge on any atom is 0.141 e. The lowest BCUT2D eigenvalue weighted by Crippen LogP contribution is -2.04. The minimum absolute atomic E-state index is 0.00417. The Kier molecular flexibility index (Phi) is 2.98. The predicted octanol–water partition coefficient (Wildman–Crippen LogP) is 2.39. The van der Waals surface area contributed by atoms with Crippen molar-refractivity contribution in [2.75, 3.05) is 0 Å². The van der Waals surface area contributed by atoms with Gasteiger partial charge in [0.1, 0.15) is 17.7 Å². The highest BCUT2D eigenvalue weighted by molar-refractivity contribution is 5.82. The average Bonchev–Trinajstić information content (AvgIpc) is 2.16. The van der Waals surface area contributed by atoms with Crippen LogP contribution in [0.4, 0.5) is 4.39 Å². The molecular formula is C11H10FNO. The monoisotopic (exact) mass is 191 g/mol. The number of carbonyl (C=O) groups excluding carboxylic acids is 1. The standard InChI is InChI=1S/C11H10FNO/c1-7(8(2)14)9-3-4-10(6-13)11(12)5-9/h3-5,7H,1-2H3. The lowest BCUT2D eigenvalue weighted by molar-refractivity contribution is -0.118. The van der Waals surface area contributed by atoms with Crippen LogP contribution in [0.5, 0.6) is 0 Å². The third-order valence-electron chi connectivity index (χ3n) is 2.22. The van der Waals surface area contributed by atoms with Gasteiger partial charge in [-0.2, -0.15) is 5.26 Å². The summed E-state index contributed by atoms with van der Waals surface area (Å²) in [6.45, 7) is 3.17. The van der Waals surface area contributed by atoms with E-state index < -0.39 is 5.82 Å². The fraction of sp³-hybridized carbons (Fsp3) is 0.273. The summed E-state index contributed by atoms with van der Waals surface area (Å²) < 4.78 is 13.1. The van der Waals surface area contributed by atoms with E-state index in [9.17, 15) is 9.18 Å². The number of carbonyl (C=O) groups is 1. The molecule has 72 valence electrons. The molecule has 1 aromatic rings. The second-order valence-corrected chi connectivity index (χ2v) is 3.18. The van der Waals surface area contributed by atoms with Gasteiger partial charge in [0.2, 0.25) is 0 Å². The number of rotatable bonds is 2. The average molecular weight is 191 g/mol. The Balaban J connectivity index is 3.10. The number of nitriles is 1. The van der Waals surface area contributed by atoms with Crippen molar-refractivity contribution >= 4 is 5.78 Å². The molecule has 0 amide bonds. The molecule has 0 aromatic heterocycles. The Hall–Kier alpha value is -1.69. The third kappa shape index (κ3) is 1.97. The van der Waals surface area contributed by atoms with Gasteiger partial charge in [-0.05, 0) is 24.6 Å². The van der Waals surface area contributed by atoms with E-state index in [1.807, 2.05) is 0 Å². The van der Waals surface area contributed by atoms with Gasteiger partial charge in [-0.15, -0.1) is 0 Å². The van der Waals surface area contributed by atoms with Crippen LogP contribution in [0.1, 0.15) is 30.9 Å². The second kappa shape index (κ2) is 4.01. The van der Waals surface area contributed by atoms with E-state index in [-0.39, 0.29) is 17.3 Å². The van der Waals surface area contributed by atoms with E-state index in [2.05, 4.69) is 0 Å². The summed E-state index contributed by atoms with van der Waals surface area (Å²) in [6.07, 6.45) is 0. The predicted molar refractivity (Wildman–Crippen MR) is 50.2 cm³/mol. The highest BCUT2D eigenvalue weighted by Gasteiger charge is 2.12. The molecule has 0 N–H and O–H groups in total. The number of halogens is 1. The van der Waals surface area contributed by atoms with Crippen LogP contribution in [0, 0.1) is 17.1 Å². The number of benzene rings is 1. The van der Waals surface area contributed by atoms with Crippen molar-refractivity contribution in [3.63, 3.8) is 0 Å². The van der Waals surface area contributed by atoms with Gasteiger partial charge in [0.25, 0.3) is 0 Å². The van der Waals surface area contributed by atoms with Crippen molar-refractivity contribution in [2.45, 2.75) is 19.8 Å². The van der Waals surface area contributed by atoms with E-state index in [0.717, 1.165) is 0 Å². The molecule has 0 aliphatic carbocycles. The molecule has 1 unspecified atom stereocenters. The maximum atomic E-state index is 13.1. The van der Waals surface area contributed by atoms with Gasteiger partial charge < -0.3 is 0 Å². The second-order valence-electron chi connectivity index (χ2n) is 3.18. The van der Waals surface area contributed by atoms with Gasteiger partial charge in [0.15, 0.2) is 0 Å². The van der Waals surface area contributed by atoms with Gasteiger partial charge >= 0.3 is 0 Å². The van der Waals surface area contributed by atoms with Gasteiger partial charge in [-0.3, -0.25) is 4.79 Å². The minimum atomic E-state index is -0.571. The number of Topliss-reactive ketones (excluding diaryl/α,β-unsaturated/α-hetero) is 1. The van der Waals surface area contributed by atoms with Crippen LogP contribution in [-0.2, 0) is 4.79 Å². The van der Waals surface area contributed by atoms with Gasteiger partial charge in [-0.1, -0.05) is 13.0 Å². The Morgan fingerprint density at radius 3 is 2.64 bits per heavy atom. The number of hydrogen-bond donors (Lipinski definition) is 0. The quantitative estimate of drug-likeness (QED) is 0.720. The van der Waals surface area contributed by atoms with Crippen molar-refractivity contribution in [2.24, 2.45) is 0 Å². The van der Waals surface area contributed by atoms with E-state index in [1.165, 1.54) is 19.1 Å². The van der Waals surface area contributed by atoms with Crippen LogP contribution in [0.2, 0.25) is 0 Å². The molecule has 0 fully saturated rings. The summed E-state index contributed by atoms with van der Waals surface area (Å²) in [7, 11) is 0.